The van der Waals surface area contributed by atoms with E-state index in [1.165, 1.54) is 11.1 Å². The van der Waals surface area contributed by atoms with Crippen molar-refractivity contribution in [2.24, 2.45) is 0 Å². The number of benzene rings is 1. The summed E-state index contributed by atoms with van der Waals surface area (Å²) in [5.74, 6) is 0.807. The van der Waals surface area contributed by atoms with Crippen molar-refractivity contribution in [1.29, 1.82) is 5.26 Å². The lowest BCUT2D eigenvalue weighted by Gasteiger charge is -2.06. The first kappa shape index (κ1) is 12.1. The molecule has 3 nitrogen and oxygen atoms in total. The molecule has 0 amide bonds. The lowest BCUT2D eigenvalue weighted by molar-refractivity contribution is 1.00. The number of hydrogen-bond acceptors (Lipinski definition) is 3. The molecule has 0 aliphatic heterocycles. The Morgan fingerprint density at radius 1 is 1.28 bits per heavy atom. The highest BCUT2D eigenvalue weighted by molar-refractivity contribution is 5.39. The maximum atomic E-state index is 8.67. The molecule has 0 bridgehead atoms. The summed E-state index contributed by atoms with van der Waals surface area (Å²) < 4.78 is 0. The molecule has 1 heterocycles. The van der Waals surface area contributed by atoms with Gasteiger partial charge in [-0.1, -0.05) is 29.8 Å². The smallest absolute Gasteiger partial charge is 0.125 e. The van der Waals surface area contributed by atoms with E-state index in [1.54, 1.807) is 12.3 Å². The van der Waals surface area contributed by atoms with Crippen LogP contribution in [0, 0.1) is 18.3 Å². The Labute approximate surface area is 107 Å². The van der Waals surface area contributed by atoms with Gasteiger partial charge < -0.3 is 5.32 Å². The Balaban J connectivity index is 1.86. The van der Waals surface area contributed by atoms with Gasteiger partial charge in [0.25, 0.3) is 0 Å². The molecule has 0 radical (unpaired) electrons. The van der Waals surface area contributed by atoms with Gasteiger partial charge in [-0.2, -0.15) is 5.26 Å². The molecule has 18 heavy (non-hydrogen) atoms. The van der Waals surface area contributed by atoms with Crippen molar-refractivity contribution in [2.75, 3.05) is 11.9 Å². The van der Waals surface area contributed by atoms with Gasteiger partial charge in [-0.25, -0.2) is 4.98 Å². The molecule has 3 heteroatoms. The third kappa shape index (κ3) is 3.33. The van der Waals surface area contributed by atoms with Gasteiger partial charge in [0, 0.05) is 12.7 Å². The third-order valence-corrected chi connectivity index (χ3v) is 2.69. The molecule has 0 atom stereocenters. The number of aryl methyl sites for hydroxylation is 1. The van der Waals surface area contributed by atoms with Gasteiger partial charge in [-0.3, -0.25) is 0 Å². The normalized spacial score (nSPS) is 9.78. The topological polar surface area (TPSA) is 48.7 Å². The minimum Gasteiger partial charge on any atom is -0.370 e. The summed E-state index contributed by atoms with van der Waals surface area (Å²) in [5, 5.41) is 11.9. The molecule has 0 aliphatic carbocycles. The lowest BCUT2D eigenvalue weighted by Crippen LogP contribution is -2.06. The number of nitriles is 1. The van der Waals surface area contributed by atoms with Crippen LogP contribution in [-0.4, -0.2) is 11.5 Å². The van der Waals surface area contributed by atoms with Gasteiger partial charge in [0.2, 0.25) is 0 Å². The quantitative estimate of drug-likeness (QED) is 0.889. The Bertz CT molecular complexity index is 553. The van der Waals surface area contributed by atoms with Gasteiger partial charge in [-0.05, 0) is 31.0 Å². The number of rotatable bonds is 4. The third-order valence-electron chi connectivity index (χ3n) is 2.69. The van der Waals surface area contributed by atoms with Crippen LogP contribution in [0.4, 0.5) is 5.82 Å². The van der Waals surface area contributed by atoms with Crippen molar-refractivity contribution in [1.82, 2.24) is 4.98 Å². The van der Waals surface area contributed by atoms with Crippen molar-refractivity contribution in [2.45, 2.75) is 13.3 Å². The van der Waals surface area contributed by atoms with Crippen LogP contribution in [0.15, 0.2) is 42.6 Å². The second kappa shape index (κ2) is 5.83. The van der Waals surface area contributed by atoms with E-state index in [-0.39, 0.29) is 0 Å². The van der Waals surface area contributed by atoms with E-state index >= 15 is 0 Å². The second-order valence-corrected chi connectivity index (χ2v) is 4.21. The predicted octanol–water partition coefficient (Wildman–Crippen LogP) is 2.92. The van der Waals surface area contributed by atoms with Crippen LogP contribution >= 0.6 is 0 Å². The zero-order valence-electron chi connectivity index (χ0n) is 10.4. The summed E-state index contributed by atoms with van der Waals surface area (Å²) >= 11 is 0. The Morgan fingerprint density at radius 3 is 2.83 bits per heavy atom. The monoisotopic (exact) mass is 237 g/mol. The van der Waals surface area contributed by atoms with Crippen molar-refractivity contribution in [3.8, 4) is 6.07 Å². The summed E-state index contributed by atoms with van der Waals surface area (Å²) in [5.41, 5.74) is 3.18. The molecule has 90 valence electrons. The van der Waals surface area contributed by atoms with E-state index in [9.17, 15) is 0 Å². The van der Waals surface area contributed by atoms with Crippen LogP contribution in [0.25, 0.3) is 0 Å². The average Bonchev–Trinajstić information content (AvgIpc) is 2.40. The molecule has 0 spiro atoms. The molecule has 0 fully saturated rings. The largest absolute Gasteiger partial charge is 0.370 e. The molecule has 2 aromatic rings. The lowest BCUT2D eigenvalue weighted by atomic mass is 10.1. The first-order valence-electron chi connectivity index (χ1n) is 5.93. The zero-order valence-corrected chi connectivity index (χ0v) is 10.4. The zero-order chi connectivity index (χ0) is 12.8. The number of nitrogens with one attached hydrogen (secondary N) is 1. The van der Waals surface area contributed by atoms with Gasteiger partial charge in [0.1, 0.15) is 11.9 Å². The van der Waals surface area contributed by atoms with E-state index in [0.29, 0.717) is 5.56 Å². The van der Waals surface area contributed by atoms with E-state index in [0.717, 1.165) is 18.8 Å². The fraction of sp³-hybridized carbons (Fsp3) is 0.200. The van der Waals surface area contributed by atoms with Crippen LogP contribution in [0.5, 0.6) is 0 Å². The summed E-state index contributed by atoms with van der Waals surface area (Å²) in [6.07, 6.45) is 2.54. The van der Waals surface area contributed by atoms with Crippen LogP contribution in [0.1, 0.15) is 16.7 Å². The van der Waals surface area contributed by atoms with E-state index in [4.69, 9.17) is 5.26 Å². The number of anilines is 1. The first-order valence-corrected chi connectivity index (χ1v) is 5.93. The van der Waals surface area contributed by atoms with Crippen LogP contribution in [0.3, 0.4) is 0 Å². The van der Waals surface area contributed by atoms with Gasteiger partial charge in [-0.15, -0.1) is 0 Å². The minimum absolute atomic E-state index is 0.583. The number of hydrogen-bond donors (Lipinski definition) is 1. The number of pyridine rings is 1. The number of nitrogens with zero attached hydrogens (tertiary/aromatic N) is 2. The first-order chi connectivity index (χ1) is 8.78. The Kier molecular flexibility index (Phi) is 3.93. The van der Waals surface area contributed by atoms with Crippen molar-refractivity contribution >= 4 is 5.82 Å². The summed E-state index contributed by atoms with van der Waals surface area (Å²) in [6, 6.07) is 14.1. The maximum absolute atomic E-state index is 8.67. The molecule has 2 rings (SSSR count). The van der Waals surface area contributed by atoms with Gasteiger partial charge >= 0.3 is 0 Å². The fourth-order valence-corrected chi connectivity index (χ4v) is 1.77. The predicted molar refractivity (Wildman–Crippen MR) is 72.3 cm³/mol. The van der Waals surface area contributed by atoms with Gasteiger partial charge in [0.15, 0.2) is 0 Å². The SMILES string of the molecule is Cc1cccc(CCNc2ccc(C#N)cn2)c1. The van der Waals surface area contributed by atoms with E-state index < -0.39 is 0 Å². The van der Waals surface area contributed by atoms with Crippen LogP contribution < -0.4 is 5.32 Å². The molecule has 0 saturated heterocycles. The Morgan fingerprint density at radius 2 is 2.17 bits per heavy atom. The van der Waals surface area contributed by atoms with Crippen LogP contribution in [0.2, 0.25) is 0 Å². The van der Waals surface area contributed by atoms with E-state index in [1.807, 2.05) is 6.07 Å². The highest BCUT2D eigenvalue weighted by Gasteiger charge is 1.96. The number of aromatic nitrogens is 1. The highest BCUT2D eigenvalue weighted by Crippen LogP contribution is 2.07. The second-order valence-electron chi connectivity index (χ2n) is 4.21. The molecule has 0 unspecified atom stereocenters. The van der Waals surface area contributed by atoms with Crippen molar-refractivity contribution < 1.29 is 0 Å². The summed E-state index contributed by atoms with van der Waals surface area (Å²) in [7, 11) is 0. The Hall–Kier alpha value is -2.34. The average molecular weight is 237 g/mol. The molecule has 1 N–H and O–H groups in total. The molecule has 1 aromatic carbocycles. The summed E-state index contributed by atoms with van der Waals surface area (Å²) in [4.78, 5) is 4.16. The van der Waals surface area contributed by atoms with Crippen LogP contribution in [-0.2, 0) is 6.42 Å². The van der Waals surface area contributed by atoms with E-state index in [2.05, 4.69) is 47.6 Å². The minimum atomic E-state index is 0.583. The van der Waals surface area contributed by atoms with Gasteiger partial charge in [0.05, 0.1) is 5.56 Å². The highest BCUT2D eigenvalue weighted by atomic mass is 15.0. The molecule has 0 saturated carbocycles. The molecular weight excluding hydrogens is 222 g/mol. The van der Waals surface area contributed by atoms with Crippen molar-refractivity contribution in [3.63, 3.8) is 0 Å². The van der Waals surface area contributed by atoms with Crippen molar-refractivity contribution in [3.05, 3.63) is 59.3 Å². The molecule has 0 aliphatic rings. The standard InChI is InChI=1S/C15H15N3/c1-12-3-2-4-13(9-12)7-8-17-15-6-5-14(10-16)11-18-15/h2-6,9,11H,7-8H2,1H3,(H,17,18). The molecule has 1 aromatic heterocycles. The fourth-order valence-electron chi connectivity index (χ4n) is 1.77. The molecular formula is C15H15N3. The maximum Gasteiger partial charge on any atom is 0.125 e. The summed E-state index contributed by atoms with van der Waals surface area (Å²) in [6.45, 7) is 2.93.